The number of para-hydroxylation sites is 1. The van der Waals surface area contributed by atoms with E-state index >= 15 is 0 Å². The average molecular weight is 565 g/mol. The first kappa shape index (κ1) is 29.2. The first-order chi connectivity index (χ1) is 18.9. The van der Waals surface area contributed by atoms with Gasteiger partial charge in [-0.2, -0.15) is 0 Å². The third-order valence-corrected chi connectivity index (χ3v) is 5.89. The number of hydrogen-bond donors (Lipinski definition) is 2. The van der Waals surface area contributed by atoms with Gasteiger partial charge in [-0.3, -0.25) is 5.32 Å². The minimum atomic E-state index is -4.89. The van der Waals surface area contributed by atoms with Crippen LogP contribution in [0.3, 0.4) is 0 Å². The lowest BCUT2D eigenvalue weighted by atomic mass is 10.1. The highest BCUT2D eigenvalue weighted by Gasteiger charge is 2.34. The minimum Gasteiger partial charge on any atom is -0.473 e. The number of hydrogen-bond acceptors (Lipinski definition) is 7. The second kappa shape index (κ2) is 12.1. The van der Waals surface area contributed by atoms with Gasteiger partial charge < -0.3 is 29.0 Å². The number of methoxy groups -OCH3 is 1. The standard InChI is InChI=1S/C27H31F3N4O6/c1-17-23(32-25(35)31-13-19-12-18(14-36-4)10-11-22(19)40-27(28,29)30)34(20-8-6-5-7-9-20)33-24(17)37-15-21-16-38-26(2,3)39-21/h5-12,21H,13-16H2,1-4H3,(H2,31,32,35). The van der Waals surface area contributed by atoms with Gasteiger partial charge in [-0.15, -0.1) is 18.3 Å². The fourth-order valence-corrected chi connectivity index (χ4v) is 4.11. The minimum absolute atomic E-state index is 0.126. The van der Waals surface area contributed by atoms with Crippen molar-refractivity contribution in [2.45, 2.75) is 52.2 Å². The molecule has 1 aliphatic rings. The van der Waals surface area contributed by atoms with E-state index in [1.54, 1.807) is 19.1 Å². The van der Waals surface area contributed by atoms with Crippen LogP contribution in [0.1, 0.15) is 30.5 Å². The smallest absolute Gasteiger partial charge is 0.473 e. The van der Waals surface area contributed by atoms with Gasteiger partial charge in [0.2, 0.25) is 5.88 Å². The summed E-state index contributed by atoms with van der Waals surface area (Å²) in [6.45, 7) is 5.84. The molecule has 0 spiro atoms. The number of ether oxygens (including phenoxy) is 5. The molecule has 0 saturated carbocycles. The molecule has 1 atom stereocenters. The van der Waals surface area contributed by atoms with Crippen molar-refractivity contribution in [3.8, 4) is 17.3 Å². The summed E-state index contributed by atoms with van der Waals surface area (Å²) < 4.78 is 66.8. The van der Waals surface area contributed by atoms with Crippen molar-refractivity contribution in [3.05, 3.63) is 65.2 Å². The number of urea groups is 1. The number of nitrogens with zero attached hydrogens (tertiary/aromatic N) is 2. The van der Waals surface area contributed by atoms with Crippen LogP contribution in [0.5, 0.6) is 11.6 Å². The molecule has 1 fully saturated rings. The topological polar surface area (TPSA) is 105 Å². The normalized spacial score (nSPS) is 16.5. The summed E-state index contributed by atoms with van der Waals surface area (Å²) in [7, 11) is 1.47. The van der Waals surface area contributed by atoms with E-state index in [1.165, 1.54) is 30.0 Å². The zero-order valence-corrected chi connectivity index (χ0v) is 22.5. The number of halogens is 3. The Morgan fingerprint density at radius 3 is 2.60 bits per heavy atom. The van der Waals surface area contributed by atoms with Crippen molar-refractivity contribution >= 4 is 11.8 Å². The molecule has 40 heavy (non-hydrogen) atoms. The number of carbonyl (C=O) groups excluding carboxylic acids is 1. The summed E-state index contributed by atoms with van der Waals surface area (Å²) >= 11 is 0. The Labute approximate surface area is 229 Å². The maximum atomic E-state index is 12.9. The van der Waals surface area contributed by atoms with E-state index in [-0.39, 0.29) is 37.3 Å². The van der Waals surface area contributed by atoms with Crippen LogP contribution in [0.15, 0.2) is 48.5 Å². The Bertz CT molecular complexity index is 1310. The Morgan fingerprint density at radius 2 is 1.95 bits per heavy atom. The van der Waals surface area contributed by atoms with Crippen LogP contribution in [0.2, 0.25) is 0 Å². The van der Waals surface area contributed by atoms with E-state index in [9.17, 15) is 18.0 Å². The molecule has 2 heterocycles. The molecular weight excluding hydrogens is 533 g/mol. The quantitative estimate of drug-likeness (QED) is 0.354. The van der Waals surface area contributed by atoms with Gasteiger partial charge in [0.25, 0.3) is 0 Å². The van der Waals surface area contributed by atoms with E-state index in [0.29, 0.717) is 29.2 Å². The first-order valence-electron chi connectivity index (χ1n) is 12.4. The summed E-state index contributed by atoms with van der Waals surface area (Å²) in [5.74, 6) is -0.524. The van der Waals surface area contributed by atoms with E-state index in [4.69, 9.17) is 18.9 Å². The summed E-state index contributed by atoms with van der Waals surface area (Å²) in [5.41, 5.74) is 1.95. The van der Waals surface area contributed by atoms with E-state index < -0.39 is 23.9 Å². The van der Waals surface area contributed by atoms with E-state index in [0.717, 1.165) is 0 Å². The van der Waals surface area contributed by atoms with Crippen molar-refractivity contribution in [2.75, 3.05) is 25.6 Å². The zero-order chi connectivity index (χ0) is 28.9. The molecule has 0 radical (unpaired) electrons. The van der Waals surface area contributed by atoms with Crippen molar-refractivity contribution < 1.29 is 41.7 Å². The summed E-state index contributed by atoms with van der Waals surface area (Å²) in [6, 6.07) is 12.5. The number of alkyl halides is 3. The Hall–Kier alpha value is -3.81. The van der Waals surface area contributed by atoms with Crippen molar-refractivity contribution in [1.29, 1.82) is 0 Å². The molecule has 0 bridgehead atoms. The number of aromatic nitrogens is 2. The fourth-order valence-electron chi connectivity index (χ4n) is 4.11. The van der Waals surface area contributed by atoms with Crippen molar-refractivity contribution in [3.63, 3.8) is 0 Å². The summed E-state index contributed by atoms with van der Waals surface area (Å²) in [4.78, 5) is 12.9. The van der Waals surface area contributed by atoms with Crippen LogP contribution in [0.25, 0.3) is 5.69 Å². The Morgan fingerprint density at radius 1 is 1.20 bits per heavy atom. The molecule has 10 nitrogen and oxygen atoms in total. The highest BCUT2D eigenvalue weighted by Crippen LogP contribution is 2.30. The third-order valence-electron chi connectivity index (χ3n) is 5.89. The zero-order valence-electron chi connectivity index (χ0n) is 22.5. The number of anilines is 1. The molecule has 2 amide bonds. The fraction of sp³-hybridized carbons (Fsp3) is 0.407. The second-order valence-corrected chi connectivity index (χ2v) is 9.52. The van der Waals surface area contributed by atoms with Crippen LogP contribution in [0, 0.1) is 6.92 Å². The lowest BCUT2D eigenvalue weighted by Gasteiger charge is -2.17. The molecular formula is C27H31F3N4O6. The van der Waals surface area contributed by atoms with Gasteiger partial charge in [-0.1, -0.05) is 24.3 Å². The van der Waals surface area contributed by atoms with E-state index in [1.807, 2.05) is 32.0 Å². The summed E-state index contributed by atoms with van der Waals surface area (Å²) in [5, 5.41) is 9.86. The maximum absolute atomic E-state index is 12.9. The maximum Gasteiger partial charge on any atom is 0.573 e. The molecule has 1 unspecified atom stereocenters. The second-order valence-electron chi connectivity index (χ2n) is 9.52. The first-order valence-corrected chi connectivity index (χ1v) is 12.4. The highest BCUT2D eigenvalue weighted by atomic mass is 19.4. The number of amides is 2. The highest BCUT2D eigenvalue weighted by molar-refractivity contribution is 5.89. The van der Waals surface area contributed by atoms with Crippen LogP contribution < -0.4 is 20.1 Å². The molecule has 216 valence electrons. The molecule has 3 aromatic rings. The van der Waals surface area contributed by atoms with Crippen LogP contribution >= 0.6 is 0 Å². The van der Waals surface area contributed by atoms with Gasteiger partial charge in [0, 0.05) is 19.2 Å². The van der Waals surface area contributed by atoms with E-state index in [2.05, 4.69) is 20.5 Å². The van der Waals surface area contributed by atoms with Crippen LogP contribution in [-0.4, -0.2) is 54.4 Å². The van der Waals surface area contributed by atoms with Gasteiger partial charge in [-0.05, 0) is 50.6 Å². The largest absolute Gasteiger partial charge is 0.573 e. The third kappa shape index (κ3) is 7.64. The van der Waals surface area contributed by atoms with Crippen molar-refractivity contribution in [2.24, 2.45) is 0 Å². The lowest BCUT2D eigenvalue weighted by Crippen LogP contribution is -2.30. The SMILES string of the molecule is COCc1ccc(OC(F)(F)F)c(CNC(=O)Nc2c(C)c(OCC3COC(C)(C)O3)nn2-c2ccccc2)c1. The van der Waals surface area contributed by atoms with Gasteiger partial charge in [0.05, 0.1) is 24.5 Å². The van der Waals surface area contributed by atoms with Gasteiger partial charge in [0.1, 0.15) is 24.3 Å². The molecule has 0 aliphatic carbocycles. The molecule has 1 aliphatic heterocycles. The van der Waals surface area contributed by atoms with Gasteiger partial charge >= 0.3 is 12.4 Å². The molecule has 1 aromatic heterocycles. The Balaban J connectivity index is 1.51. The molecule has 2 aromatic carbocycles. The van der Waals surface area contributed by atoms with Crippen LogP contribution in [-0.2, 0) is 27.4 Å². The Kier molecular flexibility index (Phi) is 8.86. The predicted octanol–water partition coefficient (Wildman–Crippen LogP) is 5.08. The van der Waals surface area contributed by atoms with Crippen LogP contribution in [0.4, 0.5) is 23.8 Å². The monoisotopic (exact) mass is 564 g/mol. The summed E-state index contributed by atoms with van der Waals surface area (Å²) in [6.07, 6.45) is -5.18. The lowest BCUT2D eigenvalue weighted by molar-refractivity contribution is -0.274. The van der Waals surface area contributed by atoms with Crippen molar-refractivity contribution in [1.82, 2.24) is 15.1 Å². The molecule has 13 heteroatoms. The molecule has 1 saturated heterocycles. The number of rotatable bonds is 10. The number of carbonyl (C=O) groups is 1. The average Bonchev–Trinajstić information content (AvgIpc) is 3.40. The number of nitrogens with one attached hydrogen (secondary N) is 2. The molecule has 2 N–H and O–H groups in total. The predicted molar refractivity (Wildman–Crippen MR) is 138 cm³/mol. The van der Waals surface area contributed by atoms with Gasteiger partial charge in [0.15, 0.2) is 5.79 Å². The van der Waals surface area contributed by atoms with Gasteiger partial charge in [-0.25, -0.2) is 9.48 Å². The number of benzene rings is 2. The molecule has 4 rings (SSSR count).